The SMILES string of the molecule is CC1(C)CC(=O)C(C)(c2cocc2C(=O)c2ccc(Br)cc2)C1. The smallest absolute Gasteiger partial charge is 0.196 e. The zero-order chi connectivity index (χ0) is 16.8. The predicted molar refractivity (Wildman–Crippen MR) is 91.7 cm³/mol. The van der Waals surface area contributed by atoms with E-state index in [1.54, 1.807) is 18.4 Å². The Balaban J connectivity index is 2.02. The van der Waals surface area contributed by atoms with Gasteiger partial charge in [0.2, 0.25) is 0 Å². The first-order valence-electron chi connectivity index (χ1n) is 7.63. The minimum Gasteiger partial charge on any atom is -0.472 e. The Morgan fingerprint density at radius 1 is 1.13 bits per heavy atom. The molecule has 23 heavy (non-hydrogen) atoms. The Morgan fingerprint density at radius 2 is 1.78 bits per heavy atom. The van der Waals surface area contributed by atoms with Crippen molar-refractivity contribution in [2.45, 2.75) is 39.0 Å². The number of rotatable bonds is 3. The number of Topliss-reactive ketones (excluding diaryl/α,β-unsaturated/α-hetero) is 1. The average Bonchev–Trinajstić information content (AvgIpc) is 3.03. The maximum Gasteiger partial charge on any atom is 0.196 e. The van der Waals surface area contributed by atoms with E-state index in [2.05, 4.69) is 29.8 Å². The largest absolute Gasteiger partial charge is 0.472 e. The first kappa shape index (κ1) is 16.2. The van der Waals surface area contributed by atoms with Gasteiger partial charge in [0.05, 0.1) is 17.2 Å². The quantitative estimate of drug-likeness (QED) is 0.716. The van der Waals surface area contributed by atoms with Crippen LogP contribution in [-0.4, -0.2) is 11.6 Å². The topological polar surface area (TPSA) is 47.3 Å². The van der Waals surface area contributed by atoms with Crippen molar-refractivity contribution in [1.82, 2.24) is 0 Å². The number of halogens is 1. The molecule has 1 unspecified atom stereocenters. The molecule has 0 saturated heterocycles. The summed E-state index contributed by atoms with van der Waals surface area (Å²) >= 11 is 3.37. The van der Waals surface area contributed by atoms with E-state index in [4.69, 9.17) is 4.42 Å². The van der Waals surface area contributed by atoms with Gasteiger partial charge in [-0.05, 0) is 43.0 Å². The number of ketones is 2. The van der Waals surface area contributed by atoms with Crippen molar-refractivity contribution in [2.75, 3.05) is 0 Å². The summed E-state index contributed by atoms with van der Waals surface area (Å²) in [6.45, 7) is 6.10. The van der Waals surface area contributed by atoms with Crippen molar-refractivity contribution in [3.05, 3.63) is 58.0 Å². The van der Waals surface area contributed by atoms with Gasteiger partial charge in [-0.2, -0.15) is 0 Å². The molecule has 1 atom stereocenters. The third-order valence-electron chi connectivity index (χ3n) is 4.69. The van der Waals surface area contributed by atoms with Crippen LogP contribution in [0.25, 0.3) is 0 Å². The predicted octanol–water partition coefficient (Wildman–Crippen LogP) is 4.92. The molecule has 0 radical (unpaired) electrons. The molecule has 0 bridgehead atoms. The first-order chi connectivity index (χ1) is 10.7. The number of benzene rings is 1. The monoisotopic (exact) mass is 374 g/mol. The summed E-state index contributed by atoms with van der Waals surface area (Å²) in [7, 11) is 0. The fourth-order valence-corrected chi connectivity index (χ4v) is 3.91. The van der Waals surface area contributed by atoms with Gasteiger partial charge in [0.15, 0.2) is 5.78 Å². The van der Waals surface area contributed by atoms with Gasteiger partial charge in [0.1, 0.15) is 12.0 Å². The maximum absolute atomic E-state index is 12.8. The number of hydrogen-bond donors (Lipinski definition) is 0. The zero-order valence-corrected chi connectivity index (χ0v) is 15.1. The molecule has 1 aliphatic rings. The van der Waals surface area contributed by atoms with Crippen molar-refractivity contribution < 1.29 is 14.0 Å². The fraction of sp³-hybridized carbons (Fsp3) is 0.368. The molecule has 3 nitrogen and oxygen atoms in total. The highest BCUT2D eigenvalue weighted by atomic mass is 79.9. The van der Waals surface area contributed by atoms with Gasteiger partial charge in [-0.15, -0.1) is 0 Å². The standard InChI is InChI=1S/C19H19BrO3/c1-18(2)8-16(21)19(3,11-18)15-10-23-9-14(15)17(22)12-4-6-13(20)7-5-12/h4-7,9-10H,8,11H2,1-3H3. The van der Waals surface area contributed by atoms with Crippen molar-refractivity contribution >= 4 is 27.5 Å². The van der Waals surface area contributed by atoms with Crippen molar-refractivity contribution in [3.63, 3.8) is 0 Å². The summed E-state index contributed by atoms with van der Waals surface area (Å²) in [6.07, 6.45) is 4.27. The third-order valence-corrected chi connectivity index (χ3v) is 5.22. The molecule has 1 aromatic carbocycles. The molecule has 1 fully saturated rings. The Hall–Kier alpha value is -1.68. The van der Waals surface area contributed by atoms with Crippen LogP contribution in [0.15, 0.2) is 45.7 Å². The van der Waals surface area contributed by atoms with Gasteiger partial charge in [-0.25, -0.2) is 0 Å². The lowest BCUT2D eigenvalue weighted by Crippen LogP contribution is -2.28. The summed E-state index contributed by atoms with van der Waals surface area (Å²) in [5, 5.41) is 0. The van der Waals surface area contributed by atoms with Gasteiger partial charge in [0, 0.05) is 22.0 Å². The molecule has 2 aromatic rings. The molecule has 3 rings (SSSR count). The number of carbonyl (C=O) groups is 2. The fourth-order valence-electron chi connectivity index (χ4n) is 3.65. The molecule has 4 heteroatoms. The number of furan rings is 1. The van der Waals surface area contributed by atoms with Crippen LogP contribution >= 0.6 is 15.9 Å². The highest BCUT2D eigenvalue weighted by Gasteiger charge is 2.50. The second-order valence-electron chi connectivity index (χ2n) is 7.31. The minimum atomic E-state index is -0.656. The van der Waals surface area contributed by atoms with E-state index in [-0.39, 0.29) is 17.0 Å². The molecular formula is C19H19BrO3. The summed E-state index contributed by atoms with van der Waals surface area (Å²) in [4.78, 5) is 25.4. The van der Waals surface area contributed by atoms with Crippen molar-refractivity contribution in [2.24, 2.45) is 5.41 Å². The van der Waals surface area contributed by atoms with E-state index in [1.807, 2.05) is 19.1 Å². The van der Waals surface area contributed by atoms with Crippen molar-refractivity contribution in [3.8, 4) is 0 Å². The van der Waals surface area contributed by atoms with Crippen LogP contribution in [-0.2, 0) is 10.2 Å². The second-order valence-corrected chi connectivity index (χ2v) is 8.22. The van der Waals surface area contributed by atoms with Gasteiger partial charge in [0.25, 0.3) is 0 Å². The van der Waals surface area contributed by atoms with Crippen LogP contribution < -0.4 is 0 Å². The van der Waals surface area contributed by atoms with Crippen molar-refractivity contribution in [1.29, 1.82) is 0 Å². The second kappa shape index (κ2) is 5.45. The Labute approximate surface area is 144 Å². The molecule has 1 saturated carbocycles. The van der Waals surface area contributed by atoms with E-state index in [9.17, 15) is 9.59 Å². The first-order valence-corrected chi connectivity index (χ1v) is 8.42. The minimum absolute atomic E-state index is 0.0545. The van der Waals surface area contributed by atoms with E-state index in [1.165, 1.54) is 6.26 Å². The van der Waals surface area contributed by atoms with Crippen LogP contribution in [0.3, 0.4) is 0 Å². The van der Waals surface area contributed by atoms with Crippen LogP contribution in [0.4, 0.5) is 0 Å². The lowest BCUT2D eigenvalue weighted by atomic mass is 9.76. The Kier molecular flexibility index (Phi) is 3.83. The number of hydrogen-bond acceptors (Lipinski definition) is 3. The Bertz CT molecular complexity index is 770. The third kappa shape index (κ3) is 2.80. The molecular weight excluding hydrogens is 356 g/mol. The normalized spacial score (nSPS) is 23.2. The van der Waals surface area contributed by atoms with Gasteiger partial charge in [-0.1, -0.05) is 29.8 Å². The molecule has 0 amide bonds. The summed E-state index contributed by atoms with van der Waals surface area (Å²) in [6, 6.07) is 7.20. The molecule has 0 spiro atoms. The van der Waals surface area contributed by atoms with E-state index in [0.717, 1.165) is 10.9 Å². The summed E-state index contributed by atoms with van der Waals surface area (Å²) in [5.74, 6) is 0.0636. The summed E-state index contributed by atoms with van der Waals surface area (Å²) < 4.78 is 6.24. The zero-order valence-electron chi connectivity index (χ0n) is 13.5. The van der Waals surface area contributed by atoms with Gasteiger partial charge in [-0.3, -0.25) is 9.59 Å². The van der Waals surface area contributed by atoms with Crippen LogP contribution in [0, 0.1) is 5.41 Å². The molecule has 1 heterocycles. The van der Waals surface area contributed by atoms with Gasteiger partial charge < -0.3 is 4.42 Å². The van der Waals surface area contributed by atoms with E-state index in [0.29, 0.717) is 23.1 Å². The highest BCUT2D eigenvalue weighted by molar-refractivity contribution is 9.10. The van der Waals surface area contributed by atoms with E-state index >= 15 is 0 Å². The van der Waals surface area contributed by atoms with Crippen LogP contribution in [0.1, 0.15) is 55.1 Å². The molecule has 0 aliphatic heterocycles. The Morgan fingerprint density at radius 3 is 2.35 bits per heavy atom. The molecule has 120 valence electrons. The lowest BCUT2D eigenvalue weighted by Gasteiger charge is -2.24. The average molecular weight is 375 g/mol. The molecule has 1 aliphatic carbocycles. The highest BCUT2D eigenvalue weighted by Crippen LogP contribution is 2.49. The summed E-state index contributed by atoms with van der Waals surface area (Å²) in [5.41, 5.74) is 1.07. The maximum atomic E-state index is 12.8. The van der Waals surface area contributed by atoms with Gasteiger partial charge >= 0.3 is 0 Å². The van der Waals surface area contributed by atoms with E-state index < -0.39 is 5.41 Å². The number of carbonyl (C=O) groups excluding carboxylic acids is 2. The molecule has 0 N–H and O–H groups in total. The van der Waals surface area contributed by atoms with Crippen LogP contribution in [0.5, 0.6) is 0 Å². The molecule has 1 aromatic heterocycles. The lowest BCUT2D eigenvalue weighted by molar-refractivity contribution is -0.121. The van der Waals surface area contributed by atoms with Crippen LogP contribution in [0.2, 0.25) is 0 Å².